The molecule has 1 aliphatic heterocycles. The highest BCUT2D eigenvalue weighted by molar-refractivity contribution is 7.11. The van der Waals surface area contributed by atoms with Crippen molar-refractivity contribution in [1.82, 2.24) is 10.4 Å². The van der Waals surface area contributed by atoms with Crippen molar-refractivity contribution < 1.29 is 28.2 Å². The molecule has 0 saturated carbocycles. The van der Waals surface area contributed by atoms with E-state index in [1.807, 2.05) is 35.7 Å². The molecule has 2 aromatic heterocycles. The van der Waals surface area contributed by atoms with Crippen LogP contribution in [-0.2, 0) is 9.53 Å². The maximum Gasteiger partial charge on any atom is 0.342 e. The predicted molar refractivity (Wildman–Crippen MR) is 123 cm³/mol. The van der Waals surface area contributed by atoms with Gasteiger partial charge in [-0.25, -0.2) is 9.80 Å². The number of hydrazine groups is 1. The molecule has 1 amide bonds. The van der Waals surface area contributed by atoms with Crippen molar-refractivity contribution in [2.24, 2.45) is 0 Å². The molecule has 172 valence electrons. The van der Waals surface area contributed by atoms with E-state index < -0.39 is 24.5 Å². The molecule has 0 aliphatic carbocycles. The van der Waals surface area contributed by atoms with Crippen LogP contribution in [0.25, 0.3) is 5.70 Å². The van der Waals surface area contributed by atoms with Crippen LogP contribution in [0.4, 0.5) is 0 Å². The lowest BCUT2D eigenvalue weighted by Crippen LogP contribution is -2.42. The van der Waals surface area contributed by atoms with Gasteiger partial charge in [0.2, 0.25) is 0 Å². The number of hydrogen-bond acceptors (Lipinski definition) is 8. The van der Waals surface area contributed by atoms with Crippen molar-refractivity contribution in [3.8, 4) is 11.5 Å². The van der Waals surface area contributed by atoms with Crippen LogP contribution in [0.2, 0.25) is 0 Å². The molecule has 0 bridgehead atoms. The van der Waals surface area contributed by atoms with Gasteiger partial charge in [-0.2, -0.15) is 0 Å². The number of carbonyl (C=O) groups excluding carboxylic acids is 2. The Kier molecular flexibility index (Phi) is 6.41. The standard InChI is InChI=1S/C24H24N2O6S/c1-14-10-17(15(2)32-14)24(28)31-13-23(27)26-19(12-18(25-26)22-6-5-9-33-22)16-7-8-20(29-3)21(11-16)30-4/h5-12,19,25H,13H2,1-4H3/t19-/m1/s1. The van der Waals surface area contributed by atoms with Crippen LogP contribution < -0.4 is 14.9 Å². The Balaban J connectivity index is 1.57. The number of rotatable bonds is 7. The summed E-state index contributed by atoms with van der Waals surface area (Å²) in [7, 11) is 3.13. The number of amides is 1. The van der Waals surface area contributed by atoms with Gasteiger partial charge in [0.15, 0.2) is 18.1 Å². The van der Waals surface area contributed by atoms with Crippen molar-refractivity contribution in [1.29, 1.82) is 0 Å². The van der Waals surface area contributed by atoms with E-state index in [9.17, 15) is 9.59 Å². The Morgan fingerprint density at radius 2 is 1.91 bits per heavy atom. The average molecular weight is 469 g/mol. The lowest BCUT2D eigenvalue weighted by molar-refractivity contribution is -0.137. The summed E-state index contributed by atoms with van der Waals surface area (Å²) in [4.78, 5) is 26.5. The van der Waals surface area contributed by atoms with Crippen LogP contribution in [-0.4, -0.2) is 37.7 Å². The van der Waals surface area contributed by atoms with Crippen molar-refractivity contribution in [2.75, 3.05) is 20.8 Å². The summed E-state index contributed by atoms with van der Waals surface area (Å²) in [6.45, 7) is 3.00. The minimum absolute atomic E-state index is 0.309. The topological polar surface area (TPSA) is 90.2 Å². The third-order valence-corrected chi connectivity index (χ3v) is 6.14. The third kappa shape index (κ3) is 4.58. The second-order valence-electron chi connectivity index (χ2n) is 7.40. The number of furan rings is 1. The summed E-state index contributed by atoms with van der Waals surface area (Å²) in [5.41, 5.74) is 5.08. The summed E-state index contributed by atoms with van der Waals surface area (Å²) in [5.74, 6) is 1.19. The second-order valence-corrected chi connectivity index (χ2v) is 8.34. The van der Waals surface area contributed by atoms with Gasteiger partial charge >= 0.3 is 5.97 Å². The van der Waals surface area contributed by atoms with E-state index in [0.29, 0.717) is 28.6 Å². The Bertz CT molecular complexity index is 1200. The van der Waals surface area contributed by atoms with Gasteiger partial charge in [0.1, 0.15) is 17.1 Å². The highest BCUT2D eigenvalue weighted by Crippen LogP contribution is 2.37. The highest BCUT2D eigenvalue weighted by atomic mass is 32.1. The van der Waals surface area contributed by atoms with Gasteiger partial charge in [-0.15, -0.1) is 11.3 Å². The second kappa shape index (κ2) is 9.41. The number of carbonyl (C=O) groups is 2. The first kappa shape index (κ1) is 22.5. The van der Waals surface area contributed by atoms with E-state index in [-0.39, 0.29) is 0 Å². The summed E-state index contributed by atoms with van der Waals surface area (Å²) in [5, 5.41) is 3.42. The van der Waals surface area contributed by atoms with Crippen LogP contribution in [0, 0.1) is 13.8 Å². The van der Waals surface area contributed by atoms with Gasteiger partial charge in [0.25, 0.3) is 5.91 Å². The number of benzene rings is 1. The van der Waals surface area contributed by atoms with E-state index in [1.165, 1.54) is 5.01 Å². The quantitative estimate of drug-likeness (QED) is 0.518. The minimum atomic E-state index is -0.606. The molecule has 0 saturated heterocycles. The molecule has 0 fully saturated rings. The molecule has 33 heavy (non-hydrogen) atoms. The monoisotopic (exact) mass is 468 g/mol. The van der Waals surface area contributed by atoms with Crippen LogP contribution in [0.1, 0.15) is 38.4 Å². The molecular weight excluding hydrogens is 444 g/mol. The van der Waals surface area contributed by atoms with Gasteiger partial charge in [0, 0.05) is 0 Å². The fourth-order valence-electron chi connectivity index (χ4n) is 3.65. The van der Waals surface area contributed by atoms with Crippen molar-refractivity contribution >= 4 is 28.9 Å². The molecule has 0 radical (unpaired) electrons. The molecular formula is C24H24N2O6S. The fraction of sp³-hybridized carbons (Fsp3) is 0.250. The lowest BCUT2D eigenvalue weighted by Gasteiger charge is -2.25. The van der Waals surface area contributed by atoms with Crippen LogP contribution in [0.3, 0.4) is 0 Å². The van der Waals surface area contributed by atoms with Crippen molar-refractivity contribution in [3.63, 3.8) is 0 Å². The summed E-state index contributed by atoms with van der Waals surface area (Å²) >= 11 is 1.56. The number of esters is 1. The van der Waals surface area contributed by atoms with Crippen LogP contribution in [0.5, 0.6) is 11.5 Å². The fourth-order valence-corrected chi connectivity index (χ4v) is 4.35. The maximum absolute atomic E-state index is 13.1. The molecule has 0 spiro atoms. The van der Waals surface area contributed by atoms with E-state index in [0.717, 1.165) is 16.1 Å². The predicted octanol–water partition coefficient (Wildman–Crippen LogP) is 4.26. The number of ether oxygens (including phenoxy) is 3. The van der Waals surface area contributed by atoms with E-state index in [2.05, 4.69) is 5.43 Å². The molecule has 0 unspecified atom stereocenters. The van der Waals surface area contributed by atoms with Gasteiger partial charge < -0.3 is 18.6 Å². The number of thiophene rings is 1. The molecule has 3 aromatic rings. The number of hydrogen-bond donors (Lipinski definition) is 1. The molecule has 1 N–H and O–H groups in total. The lowest BCUT2D eigenvalue weighted by atomic mass is 10.0. The largest absolute Gasteiger partial charge is 0.493 e. The molecule has 3 heterocycles. The first-order valence-electron chi connectivity index (χ1n) is 10.2. The zero-order valence-electron chi connectivity index (χ0n) is 18.7. The first-order chi connectivity index (χ1) is 15.9. The Morgan fingerprint density at radius 1 is 1.12 bits per heavy atom. The smallest absolute Gasteiger partial charge is 0.342 e. The average Bonchev–Trinajstić information content (AvgIpc) is 3.56. The zero-order valence-corrected chi connectivity index (χ0v) is 19.5. The van der Waals surface area contributed by atoms with E-state index in [4.69, 9.17) is 18.6 Å². The Hall–Kier alpha value is -3.72. The number of aryl methyl sites for hydroxylation is 2. The first-order valence-corrected chi connectivity index (χ1v) is 11.1. The normalized spacial score (nSPS) is 15.1. The SMILES string of the molecule is COc1ccc([C@H]2C=C(c3cccs3)NN2C(=O)COC(=O)c2cc(C)oc2C)cc1OC. The summed E-state index contributed by atoms with van der Waals surface area (Å²) in [6, 6.07) is 10.5. The number of nitrogens with one attached hydrogen (secondary N) is 1. The van der Waals surface area contributed by atoms with Crippen molar-refractivity contribution in [2.45, 2.75) is 19.9 Å². The Morgan fingerprint density at radius 3 is 2.55 bits per heavy atom. The molecule has 1 atom stereocenters. The highest BCUT2D eigenvalue weighted by Gasteiger charge is 2.32. The molecule has 1 aromatic carbocycles. The zero-order chi connectivity index (χ0) is 23.5. The van der Waals surface area contributed by atoms with Gasteiger partial charge in [-0.05, 0) is 55.1 Å². The molecule has 9 heteroatoms. The van der Waals surface area contributed by atoms with Crippen LogP contribution in [0.15, 0.2) is 52.3 Å². The van der Waals surface area contributed by atoms with Gasteiger partial charge in [-0.1, -0.05) is 12.1 Å². The van der Waals surface area contributed by atoms with Crippen LogP contribution >= 0.6 is 11.3 Å². The van der Waals surface area contributed by atoms with Gasteiger partial charge in [-0.3, -0.25) is 10.2 Å². The molecule has 1 aliphatic rings. The minimum Gasteiger partial charge on any atom is -0.493 e. The van der Waals surface area contributed by atoms with E-state index >= 15 is 0 Å². The number of nitrogens with zero attached hydrogens (tertiary/aromatic N) is 1. The van der Waals surface area contributed by atoms with E-state index in [1.54, 1.807) is 51.5 Å². The maximum atomic E-state index is 13.1. The number of methoxy groups -OCH3 is 2. The molecule has 8 nitrogen and oxygen atoms in total. The summed E-state index contributed by atoms with van der Waals surface area (Å²) in [6.07, 6.45) is 1.95. The summed E-state index contributed by atoms with van der Waals surface area (Å²) < 4.78 is 21.4. The third-order valence-electron chi connectivity index (χ3n) is 5.24. The van der Waals surface area contributed by atoms with Gasteiger partial charge in [0.05, 0.1) is 30.8 Å². The molecule has 4 rings (SSSR count). The Labute approximate surface area is 195 Å². The van der Waals surface area contributed by atoms with Crippen molar-refractivity contribution in [3.05, 3.63) is 75.4 Å².